The first-order chi connectivity index (χ1) is 8.93. The van der Waals surface area contributed by atoms with E-state index in [1.807, 2.05) is 0 Å². The molecule has 0 saturated carbocycles. The zero-order valence-electron chi connectivity index (χ0n) is 10.3. The summed E-state index contributed by atoms with van der Waals surface area (Å²) in [5.41, 5.74) is 0.508. The van der Waals surface area contributed by atoms with Crippen molar-refractivity contribution in [3.63, 3.8) is 0 Å². The Hall–Kier alpha value is -1.26. The number of hydrogen-bond donors (Lipinski definition) is 1. The molecular weight excluding hydrogens is 289 g/mol. The van der Waals surface area contributed by atoms with E-state index in [9.17, 15) is 14.7 Å². The van der Waals surface area contributed by atoms with Gasteiger partial charge >= 0.3 is 5.97 Å². The van der Waals surface area contributed by atoms with Gasteiger partial charge in [0.25, 0.3) is 0 Å². The molecule has 0 spiro atoms. The summed E-state index contributed by atoms with van der Waals surface area (Å²) in [6, 6.07) is 4.36. The van der Waals surface area contributed by atoms with Gasteiger partial charge in [0.2, 0.25) is 5.91 Å². The van der Waals surface area contributed by atoms with Crippen LogP contribution < -0.4 is 0 Å². The number of halogens is 2. The van der Waals surface area contributed by atoms with Crippen LogP contribution in [0.15, 0.2) is 18.2 Å². The van der Waals surface area contributed by atoms with E-state index in [1.54, 1.807) is 25.2 Å². The highest BCUT2D eigenvalue weighted by atomic mass is 35.5. The van der Waals surface area contributed by atoms with Gasteiger partial charge in [-0.3, -0.25) is 9.59 Å². The van der Waals surface area contributed by atoms with Crippen LogP contribution in [0, 0.1) is 5.92 Å². The number of nitrogens with zero attached hydrogens (tertiary/aromatic N) is 1. The number of benzene rings is 1. The average molecular weight is 302 g/mol. The van der Waals surface area contributed by atoms with Crippen molar-refractivity contribution in [1.82, 2.24) is 4.90 Å². The Kier molecular flexibility index (Phi) is 4.02. The van der Waals surface area contributed by atoms with Crippen LogP contribution in [0.25, 0.3) is 0 Å². The van der Waals surface area contributed by atoms with Crippen molar-refractivity contribution < 1.29 is 14.7 Å². The van der Waals surface area contributed by atoms with Crippen LogP contribution in [0.4, 0.5) is 0 Å². The highest BCUT2D eigenvalue weighted by molar-refractivity contribution is 6.36. The molecule has 1 aromatic carbocycles. The SMILES string of the molecule is CN1C(=O)CCC(C(=O)O)C1c1c(Cl)cccc1Cl. The van der Waals surface area contributed by atoms with Gasteiger partial charge < -0.3 is 10.0 Å². The fourth-order valence-electron chi connectivity index (χ4n) is 2.48. The zero-order valence-corrected chi connectivity index (χ0v) is 11.8. The van der Waals surface area contributed by atoms with Crippen LogP contribution in [0.1, 0.15) is 24.4 Å². The predicted molar refractivity (Wildman–Crippen MR) is 72.3 cm³/mol. The number of carboxylic acids is 1. The molecule has 1 N–H and O–H groups in total. The summed E-state index contributed by atoms with van der Waals surface area (Å²) in [5.74, 6) is -1.74. The number of aliphatic carboxylic acids is 1. The molecule has 102 valence electrons. The molecule has 2 unspecified atom stereocenters. The number of carbonyl (C=O) groups is 2. The maximum absolute atomic E-state index is 11.8. The minimum Gasteiger partial charge on any atom is -0.481 e. The normalized spacial score (nSPS) is 23.5. The number of rotatable bonds is 2. The maximum Gasteiger partial charge on any atom is 0.308 e. The molecule has 0 aromatic heterocycles. The van der Waals surface area contributed by atoms with Crippen LogP contribution in [0.5, 0.6) is 0 Å². The Morgan fingerprint density at radius 2 is 1.95 bits per heavy atom. The van der Waals surface area contributed by atoms with E-state index in [0.717, 1.165) is 0 Å². The molecule has 1 aromatic rings. The lowest BCUT2D eigenvalue weighted by Gasteiger charge is -2.38. The Labute approximate surface area is 120 Å². The number of carboxylic acid groups (broad SMARTS) is 1. The van der Waals surface area contributed by atoms with Gasteiger partial charge in [0.05, 0.1) is 12.0 Å². The van der Waals surface area contributed by atoms with Crippen LogP contribution in [0.2, 0.25) is 10.0 Å². The van der Waals surface area contributed by atoms with E-state index in [-0.39, 0.29) is 12.3 Å². The monoisotopic (exact) mass is 301 g/mol. The molecular formula is C13H13Cl2NO3. The third kappa shape index (κ3) is 2.55. The quantitative estimate of drug-likeness (QED) is 0.913. The first kappa shape index (κ1) is 14.2. The maximum atomic E-state index is 11.8. The van der Waals surface area contributed by atoms with E-state index in [2.05, 4.69) is 0 Å². The topological polar surface area (TPSA) is 57.6 Å². The molecule has 0 bridgehead atoms. The van der Waals surface area contributed by atoms with Crippen molar-refractivity contribution in [2.45, 2.75) is 18.9 Å². The summed E-state index contributed by atoms with van der Waals surface area (Å²) in [7, 11) is 1.59. The Balaban J connectivity index is 2.53. The van der Waals surface area contributed by atoms with Crippen molar-refractivity contribution in [1.29, 1.82) is 0 Å². The van der Waals surface area contributed by atoms with Crippen molar-refractivity contribution in [2.24, 2.45) is 5.92 Å². The van der Waals surface area contributed by atoms with Crippen LogP contribution >= 0.6 is 23.2 Å². The smallest absolute Gasteiger partial charge is 0.308 e. The molecule has 0 aliphatic carbocycles. The molecule has 1 saturated heterocycles. The van der Waals surface area contributed by atoms with Crippen molar-refractivity contribution in [3.05, 3.63) is 33.8 Å². The molecule has 1 amide bonds. The van der Waals surface area contributed by atoms with Gasteiger partial charge in [0.1, 0.15) is 0 Å². The van der Waals surface area contributed by atoms with Gasteiger partial charge in [-0.1, -0.05) is 29.3 Å². The van der Waals surface area contributed by atoms with Crippen LogP contribution in [0.3, 0.4) is 0 Å². The lowest BCUT2D eigenvalue weighted by molar-refractivity contribution is -0.150. The van der Waals surface area contributed by atoms with E-state index in [0.29, 0.717) is 22.0 Å². The third-order valence-electron chi connectivity index (χ3n) is 3.47. The van der Waals surface area contributed by atoms with Crippen molar-refractivity contribution in [3.8, 4) is 0 Å². The number of hydrogen-bond acceptors (Lipinski definition) is 2. The summed E-state index contributed by atoms with van der Waals surface area (Å²) in [6.45, 7) is 0. The predicted octanol–water partition coefficient (Wildman–Crippen LogP) is 2.99. The molecule has 6 heteroatoms. The Morgan fingerprint density at radius 3 is 2.47 bits per heavy atom. The van der Waals surface area contributed by atoms with Gasteiger partial charge in [-0.25, -0.2) is 0 Å². The standard InChI is InChI=1S/C13H13Cl2NO3/c1-16-10(17)6-5-7(13(18)19)12(16)11-8(14)3-2-4-9(11)15/h2-4,7,12H,5-6H2,1H3,(H,18,19). The second-order valence-electron chi connectivity index (χ2n) is 4.57. The number of likely N-dealkylation sites (tertiary alicyclic amines) is 1. The number of carbonyl (C=O) groups excluding carboxylic acids is 1. The van der Waals surface area contributed by atoms with Gasteiger partial charge in [0, 0.05) is 29.1 Å². The van der Waals surface area contributed by atoms with Gasteiger partial charge in [0.15, 0.2) is 0 Å². The fraction of sp³-hybridized carbons (Fsp3) is 0.385. The lowest BCUT2D eigenvalue weighted by atomic mass is 9.84. The van der Waals surface area contributed by atoms with E-state index < -0.39 is 17.9 Å². The molecule has 0 radical (unpaired) electrons. The second-order valence-corrected chi connectivity index (χ2v) is 5.38. The second kappa shape index (κ2) is 5.39. The van der Waals surface area contributed by atoms with E-state index in [1.165, 1.54) is 4.90 Å². The summed E-state index contributed by atoms with van der Waals surface area (Å²) in [4.78, 5) is 24.6. The Morgan fingerprint density at radius 1 is 1.37 bits per heavy atom. The molecule has 4 nitrogen and oxygen atoms in total. The Bertz CT molecular complexity index is 512. The highest BCUT2D eigenvalue weighted by Crippen LogP contribution is 2.42. The molecule has 2 atom stereocenters. The summed E-state index contributed by atoms with van der Waals surface area (Å²) in [5, 5.41) is 10.1. The number of amides is 1. The fourth-order valence-corrected chi connectivity index (χ4v) is 3.11. The first-order valence-electron chi connectivity index (χ1n) is 5.86. The summed E-state index contributed by atoms with van der Waals surface area (Å²) in [6.07, 6.45) is 0.525. The third-order valence-corrected chi connectivity index (χ3v) is 4.13. The van der Waals surface area contributed by atoms with Gasteiger partial charge in [-0.05, 0) is 18.6 Å². The number of piperidine rings is 1. The van der Waals surface area contributed by atoms with Crippen molar-refractivity contribution >= 4 is 35.1 Å². The minimum absolute atomic E-state index is 0.0986. The highest BCUT2D eigenvalue weighted by Gasteiger charge is 2.40. The minimum atomic E-state index is -0.944. The zero-order chi connectivity index (χ0) is 14.2. The molecule has 2 rings (SSSR count). The average Bonchev–Trinajstić information content (AvgIpc) is 2.33. The molecule has 19 heavy (non-hydrogen) atoms. The largest absolute Gasteiger partial charge is 0.481 e. The van der Waals surface area contributed by atoms with Gasteiger partial charge in [-0.2, -0.15) is 0 Å². The van der Waals surface area contributed by atoms with E-state index >= 15 is 0 Å². The lowest BCUT2D eigenvalue weighted by Crippen LogP contribution is -2.43. The van der Waals surface area contributed by atoms with Crippen LogP contribution in [-0.4, -0.2) is 28.9 Å². The van der Waals surface area contributed by atoms with E-state index in [4.69, 9.17) is 23.2 Å². The van der Waals surface area contributed by atoms with Crippen LogP contribution in [-0.2, 0) is 9.59 Å². The molecule has 1 heterocycles. The molecule has 1 fully saturated rings. The van der Waals surface area contributed by atoms with Crippen molar-refractivity contribution in [2.75, 3.05) is 7.05 Å². The first-order valence-corrected chi connectivity index (χ1v) is 6.61. The molecule has 1 aliphatic heterocycles. The molecule has 1 aliphatic rings. The summed E-state index contributed by atoms with van der Waals surface area (Å²) < 4.78 is 0. The van der Waals surface area contributed by atoms with Gasteiger partial charge in [-0.15, -0.1) is 0 Å². The summed E-state index contributed by atoms with van der Waals surface area (Å²) >= 11 is 12.3.